The Morgan fingerprint density at radius 2 is 2.07 bits per heavy atom. The van der Waals surface area contributed by atoms with Gasteiger partial charge in [0.1, 0.15) is 17.5 Å². The lowest BCUT2D eigenvalue weighted by molar-refractivity contribution is 0.102. The number of carbonyl (C=O) groups is 1. The molecule has 146 valence electrons. The van der Waals surface area contributed by atoms with Crippen molar-refractivity contribution in [2.24, 2.45) is 0 Å². The lowest BCUT2D eigenvalue weighted by atomic mass is 10.1. The molecule has 0 atom stereocenters. The number of H-pyrrole nitrogens is 1. The SMILES string of the molecule is Cc1cc(F)c(-c2ncc(C3CC3)[nH]2)cc1NC(=O)c1cnn2cc(F)ccc12. The van der Waals surface area contributed by atoms with Crippen LogP contribution in [0.15, 0.2) is 42.9 Å². The smallest absolute Gasteiger partial charge is 0.259 e. The van der Waals surface area contributed by atoms with Crippen molar-refractivity contribution in [1.82, 2.24) is 19.6 Å². The van der Waals surface area contributed by atoms with Gasteiger partial charge in [-0.1, -0.05) is 0 Å². The van der Waals surface area contributed by atoms with Crippen molar-refractivity contribution < 1.29 is 13.6 Å². The Labute approximate surface area is 164 Å². The Hall–Kier alpha value is -3.55. The van der Waals surface area contributed by atoms with Gasteiger partial charge in [0.2, 0.25) is 0 Å². The van der Waals surface area contributed by atoms with Crippen LogP contribution >= 0.6 is 0 Å². The topological polar surface area (TPSA) is 75.1 Å². The summed E-state index contributed by atoms with van der Waals surface area (Å²) < 4.78 is 29.2. The van der Waals surface area contributed by atoms with E-state index in [4.69, 9.17) is 0 Å². The third-order valence-corrected chi connectivity index (χ3v) is 5.15. The van der Waals surface area contributed by atoms with Crippen molar-refractivity contribution in [3.63, 3.8) is 0 Å². The highest BCUT2D eigenvalue weighted by Crippen LogP contribution is 2.40. The average molecular weight is 393 g/mol. The highest BCUT2D eigenvalue weighted by molar-refractivity contribution is 6.09. The molecule has 2 N–H and O–H groups in total. The molecule has 0 aliphatic heterocycles. The van der Waals surface area contributed by atoms with Crippen LogP contribution in [0.4, 0.5) is 14.5 Å². The van der Waals surface area contributed by atoms with Gasteiger partial charge in [-0.15, -0.1) is 0 Å². The number of aromatic amines is 1. The molecule has 1 fully saturated rings. The lowest BCUT2D eigenvalue weighted by Crippen LogP contribution is -2.13. The van der Waals surface area contributed by atoms with Gasteiger partial charge in [-0.3, -0.25) is 4.79 Å². The van der Waals surface area contributed by atoms with Crippen LogP contribution in [0.1, 0.15) is 40.4 Å². The van der Waals surface area contributed by atoms with E-state index in [1.807, 2.05) is 0 Å². The average Bonchev–Trinajstić information content (AvgIpc) is 3.27. The standard InChI is InChI=1S/C21H17F2N5O/c1-11-6-16(23)14(20-24-9-18(26-20)12-2-3-12)7-17(11)27-21(29)15-8-25-28-10-13(22)4-5-19(15)28/h4-10,12H,2-3H2,1H3,(H,24,26)(H,27,29). The second-order valence-electron chi connectivity index (χ2n) is 7.30. The maximum Gasteiger partial charge on any atom is 0.259 e. The number of hydrogen-bond donors (Lipinski definition) is 2. The lowest BCUT2D eigenvalue weighted by Gasteiger charge is -2.11. The van der Waals surface area contributed by atoms with Crippen LogP contribution in [-0.4, -0.2) is 25.5 Å². The highest BCUT2D eigenvalue weighted by atomic mass is 19.1. The molecule has 6 nitrogen and oxygen atoms in total. The van der Waals surface area contributed by atoms with E-state index < -0.39 is 17.5 Å². The van der Waals surface area contributed by atoms with Gasteiger partial charge in [-0.25, -0.2) is 18.3 Å². The van der Waals surface area contributed by atoms with Crippen LogP contribution in [-0.2, 0) is 0 Å². The van der Waals surface area contributed by atoms with Crippen molar-refractivity contribution in [1.29, 1.82) is 0 Å². The zero-order chi connectivity index (χ0) is 20.1. The fraction of sp³-hybridized carbons (Fsp3) is 0.190. The first-order valence-electron chi connectivity index (χ1n) is 9.29. The van der Waals surface area contributed by atoms with E-state index in [9.17, 15) is 13.6 Å². The first kappa shape index (κ1) is 17.5. The van der Waals surface area contributed by atoms with Gasteiger partial charge in [-0.2, -0.15) is 5.10 Å². The molecule has 1 aromatic carbocycles. The molecule has 3 heterocycles. The number of nitrogens with zero attached hydrogens (tertiary/aromatic N) is 3. The number of carbonyl (C=O) groups excluding carboxylic acids is 1. The van der Waals surface area contributed by atoms with Gasteiger partial charge in [0.15, 0.2) is 0 Å². The summed E-state index contributed by atoms with van der Waals surface area (Å²) in [6, 6.07) is 5.70. The summed E-state index contributed by atoms with van der Waals surface area (Å²) in [5, 5.41) is 6.81. The minimum absolute atomic E-state index is 0.291. The van der Waals surface area contributed by atoms with Gasteiger partial charge in [-0.05, 0) is 49.6 Å². The van der Waals surface area contributed by atoms with E-state index >= 15 is 0 Å². The number of fused-ring (bicyclic) bond motifs is 1. The number of hydrogen-bond acceptors (Lipinski definition) is 3. The van der Waals surface area contributed by atoms with Crippen molar-refractivity contribution in [2.45, 2.75) is 25.7 Å². The normalized spacial score (nSPS) is 13.8. The van der Waals surface area contributed by atoms with Gasteiger partial charge < -0.3 is 10.3 Å². The molecular formula is C21H17F2N5O. The van der Waals surface area contributed by atoms with Crippen LogP contribution in [0, 0.1) is 18.6 Å². The summed E-state index contributed by atoms with van der Waals surface area (Å²) in [5.41, 5.74) is 3.12. The Morgan fingerprint density at radius 1 is 1.24 bits per heavy atom. The zero-order valence-electron chi connectivity index (χ0n) is 15.5. The molecule has 0 spiro atoms. The molecule has 1 aliphatic rings. The first-order chi connectivity index (χ1) is 14.0. The number of aryl methyl sites for hydroxylation is 1. The molecule has 8 heteroatoms. The van der Waals surface area contributed by atoms with Crippen molar-refractivity contribution in [3.8, 4) is 11.4 Å². The van der Waals surface area contributed by atoms with E-state index in [0.29, 0.717) is 39.6 Å². The van der Waals surface area contributed by atoms with Crippen LogP contribution in [0.5, 0.6) is 0 Å². The summed E-state index contributed by atoms with van der Waals surface area (Å²) in [6.07, 6.45) is 6.54. The van der Waals surface area contributed by atoms with Crippen molar-refractivity contribution in [2.75, 3.05) is 5.32 Å². The summed E-state index contributed by atoms with van der Waals surface area (Å²) in [5.74, 6) is -0.361. The van der Waals surface area contributed by atoms with Crippen LogP contribution in [0.2, 0.25) is 0 Å². The highest BCUT2D eigenvalue weighted by Gasteiger charge is 2.26. The van der Waals surface area contributed by atoms with Gasteiger partial charge in [0.05, 0.1) is 29.0 Å². The Morgan fingerprint density at radius 3 is 2.86 bits per heavy atom. The van der Waals surface area contributed by atoms with Crippen LogP contribution < -0.4 is 5.32 Å². The number of rotatable bonds is 4. The minimum Gasteiger partial charge on any atom is -0.342 e. The molecule has 1 aliphatic carbocycles. The van der Waals surface area contributed by atoms with Gasteiger partial charge in [0, 0.05) is 23.5 Å². The van der Waals surface area contributed by atoms with Crippen molar-refractivity contribution in [3.05, 3.63) is 71.3 Å². The van der Waals surface area contributed by atoms with E-state index in [0.717, 1.165) is 18.5 Å². The van der Waals surface area contributed by atoms with E-state index in [2.05, 4.69) is 20.4 Å². The summed E-state index contributed by atoms with van der Waals surface area (Å²) in [6.45, 7) is 1.71. The molecular weight excluding hydrogens is 376 g/mol. The molecule has 29 heavy (non-hydrogen) atoms. The third-order valence-electron chi connectivity index (χ3n) is 5.15. The molecule has 4 aromatic rings. The minimum atomic E-state index is -0.449. The number of pyridine rings is 1. The molecule has 5 rings (SSSR count). The zero-order valence-corrected chi connectivity index (χ0v) is 15.5. The summed E-state index contributed by atoms with van der Waals surface area (Å²) in [7, 11) is 0. The summed E-state index contributed by atoms with van der Waals surface area (Å²) in [4.78, 5) is 20.3. The molecule has 1 amide bonds. The Kier molecular flexibility index (Phi) is 3.94. The largest absolute Gasteiger partial charge is 0.342 e. The van der Waals surface area contributed by atoms with Gasteiger partial charge in [0.25, 0.3) is 5.91 Å². The molecule has 0 bridgehead atoms. The number of imidazole rings is 1. The predicted octanol–water partition coefficient (Wildman–Crippen LogP) is 4.44. The maximum absolute atomic E-state index is 14.6. The molecule has 3 aromatic heterocycles. The fourth-order valence-corrected chi connectivity index (χ4v) is 3.39. The number of nitrogens with one attached hydrogen (secondary N) is 2. The second kappa shape index (κ2) is 6.51. The third kappa shape index (κ3) is 3.16. The predicted molar refractivity (Wildman–Crippen MR) is 104 cm³/mol. The second-order valence-corrected chi connectivity index (χ2v) is 7.30. The molecule has 1 saturated carbocycles. The van der Waals surface area contributed by atoms with E-state index in [1.54, 1.807) is 19.2 Å². The monoisotopic (exact) mass is 393 g/mol. The summed E-state index contributed by atoms with van der Waals surface area (Å²) >= 11 is 0. The first-order valence-corrected chi connectivity index (χ1v) is 9.29. The van der Waals surface area contributed by atoms with Crippen LogP contribution in [0.3, 0.4) is 0 Å². The Balaban J connectivity index is 1.47. The van der Waals surface area contributed by atoms with Crippen LogP contribution in [0.25, 0.3) is 16.9 Å². The Bertz CT molecular complexity index is 1260. The number of anilines is 1. The van der Waals surface area contributed by atoms with E-state index in [-0.39, 0.29) is 0 Å². The van der Waals surface area contributed by atoms with Gasteiger partial charge >= 0.3 is 0 Å². The number of benzene rings is 1. The molecule has 0 radical (unpaired) electrons. The number of halogens is 2. The van der Waals surface area contributed by atoms with E-state index in [1.165, 1.54) is 35.1 Å². The number of aromatic nitrogens is 4. The quantitative estimate of drug-likeness (QED) is 0.538. The fourth-order valence-electron chi connectivity index (χ4n) is 3.39. The van der Waals surface area contributed by atoms with Crippen molar-refractivity contribution >= 4 is 17.1 Å². The molecule has 0 unspecified atom stereocenters. The molecule has 0 saturated heterocycles. The maximum atomic E-state index is 14.6. The number of amides is 1.